The first-order valence-corrected chi connectivity index (χ1v) is 7.60. The molecule has 22 heavy (non-hydrogen) atoms. The standard InChI is InChI=1S/C16H22N2O3.ClH/c1-10(18-16(19)12-3-2-4-13(12)17)11-5-6-14-15(9-11)21-8-7-20-14;/h5-6,9-10,12-13H,2-4,7-8,17H2,1H3,(H,18,19);1H. The van der Waals surface area contributed by atoms with Gasteiger partial charge < -0.3 is 20.5 Å². The Labute approximate surface area is 137 Å². The molecule has 1 saturated carbocycles. The van der Waals surface area contributed by atoms with Crippen molar-refractivity contribution in [3.8, 4) is 11.5 Å². The summed E-state index contributed by atoms with van der Waals surface area (Å²) in [4.78, 5) is 12.3. The highest BCUT2D eigenvalue weighted by Crippen LogP contribution is 2.33. The maximum absolute atomic E-state index is 12.3. The zero-order chi connectivity index (χ0) is 14.8. The zero-order valence-electron chi connectivity index (χ0n) is 12.7. The third-order valence-corrected chi connectivity index (χ3v) is 4.33. The lowest BCUT2D eigenvalue weighted by atomic mass is 10.0. The third-order valence-electron chi connectivity index (χ3n) is 4.33. The van der Waals surface area contributed by atoms with Crippen molar-refractivity contribution < 1.29 is 14.3 Å². The predicted octanol–water partition coefficient (Wildman–Crippen LogP) is 2.18. The Morgan fingerprint density at radius 1 is 1.27 bits per heavy atom. The van der Waals surface area contributed by atoms with Crippen molar-refractivity contribution >= 4 is 18.3 Å². The Hall–Kier alpha value is -1.46. The molecule has 1 aromatic rings. The summed E-state index contributed by atoms with van der Waals surface area (Å²) in [5.41, 5.74) is 7.00. The molecule has 3 rings (SSSR count). The van der Waals surface area contributed by atoms with Crippen molar-refractivity contribution in [2.24, 2.45) is 11.7 Å². The maximum atomic E-state index is 12.3. The number of carbonyl (C=O) groups excluding carboxylic acids is 1. The number of fused-ring (bicyclic) bond motifs is 1. The van der Waals surface area contributed by atoms with Crippen LogP contribution >= 0.6 is 12.4 Å². The zero-order valence-corrected chi connectivity index (χ0v) is 13.5. The molecule has 6 heteroatoms. The molecule has 1 amide bonds. The molecule has 3 unspecified atom stereocenters. The molecule has 0 aromatic heterocycles. The first-order valence-electron chi connectivity index (χ1n) is 7.60. The van der Waals surface area contributed by atoms with E-state index in [2.05, 4.69) is 5.32 Å². The molecule has 0 saturated heterocycles. The monoisotopic (exact) mass is 326 g/mol. The average molecular weight is 327 g/mol. The largest absolute Gasteiger partial charge is 0.486 e. The van der Waals surface area contributed by atoms with Gasteiger partial charge in [0.2, 0.25) is 5.91 Å². The summed E-state index contributed by atoms with van der Waals surface area (Å²) in [6, 6.07) is 5.73. The van der Waals surface area contributed by atoms with E-state index < -0.39 is 0 Å². The second kappa shape index (κ2) is 7.20. The predicted molar refractivity (Wildman–Crippen MR) is 86.6 cm³/mol. The Morgan fingerprint density at radius 3 is 2.68 bits per heavy atom. The lowest BCUT2D eigenvalue weighted by molar-refractivity contribution is -0.125. The van der Waals surface area contributed by atoms with E-state index in [0.717, 1.165) is 36.3 Å². The van der Waals surface area contributed by atoms with Crippen LogP contribution < -0.4 is 20.5 Å². The van der Waals surface area contributed by atoms with Gasteiger partial charge in [-0.3, -0.25) is 4.79 Å². The van der Waals surface area contributed by atoms with Crippen molar-refractivity contribution in [3.63, 3.8) is 0 Å². The van der Waals surface area contributed by atoms with Gasteiger partial charge in [-0.25, -0.2) is 0 Å². The number of halogens is 1. The van der Waals surface area contributed by atoms with E-state index in [1.54, 1.807) is 0 Å². The van der Waals surface area contributed by atoms with E-state index in [0.29, 0.717) is 13.2 Å². The number of hydrogen-bond donors (Lipinski definition) is 2. The van der Waals surface area contributed by atoms with Crippen LogP contribution in [0.1, 0.15) is 37.8 Å². The van der Waals surface area contributed by atoms with E-state index in [9.17, 15) is 4.79 Å². The van der Waals surface area contributed by atoms with Gasteiger partial charge in [0, 0.05) is 6.04 Å². The third kappa shape index (κ3) is 3.47. The molecule has 3 N–H and O–H groups in total. The number of rotatable bonds is 3. The van der Waals surface area contributed by atoms with Gasteiger partial charge in [0.1, 0.15) is 13.2 Å². The number of hydrogen-bond acceptors (Lipinski definition) is 4. The van der Waals surface area contributed by atoms with Crippen LogP contribution in [-0.4, -0.2) is 25.2 Å². The van der Waals surface area contributed by atoms with Gasteiger partial charge in [-0.15, -0.1) is 12.4 Å². The Kier molecular flexibility index (Phi) is 5.53. The highest BCUT2D eigenvalue weighted by atomic mass is 35.5. The van der Waals surface area contributed by atoms with Crippen molar-refractivity contribution in [1.29, 1.82) is 0 Å². The molecule has 1 fully saturated rings. The average Bonchev–Trinajstić information content (AvgIpc) is 2.93. The van der Waals surface area contributed by atoms with Crippen LogP contribution in [0.5, 0.6) is 11.5 Å². The highest BCUT2D eigenvalue weighted by Gasteiger charge is 2.31. The van der Waals surface area contributed by atoms with E-state index in [4.69, 9.17) is 15.2 Å². The summed E-state index contributed by atoms with van der Waals surface area (Å²) in [5.74, 6) is 1.52. The Balaban J connectivity index is 0.00000176. The van der Waals surface area contributed by atoms with E-state index in [1.807, 2.05) is 25.1 Å². The molecule has 2 aliphatic rings. The maximum Gasteiger partial charge on any atom is 0.225 e. The highest BCUT2D eigenvalue weighted by molar-refractivity contribution is 5.85. The molecule has 1 aromatic carbocycles. The Bertz CT molecular complexity index is 538. The number of carbonyl (C=O) groups is 1. The van der Waals surface area contributed by atoms with Gasteiger partial charge in [-0.05, 0) is 37.5 Å². The number of nitrogens with one attached hydrogen (secondary N) is 1. The van der Waals surface area contributed by atoms with Crippen LogP contribution in [0.25, 0.3) is 0 Å². The second-order valence-electron chi connectivity index (χ2n) is 5.83. The van der Waals surface area contributed by atoms with E-state index >= 15 is 0 Å². The smallest absolute Gasteiger partial charge is 0.225 e. The lowest BCUT2D eigenvalue weighted by Gasteiger charge is -2.22. The summed E-state index contributed by atoms with van der Waals surface area (Å²) in [6.07, 6.45) is 2.87. The molecule has 1 heterocycles. The number of ether oxygens (including phenoxy) is 2. The quantitative estimate of drug-likeness (QED) is 0.893. The molecular formula is C16H23ClN2O3. The lowest BCUT2D eigenvalue weighted by Crippen LogP contribution is -2.39. The summed E-state index contributed by atoms with van der Waals surface area (Å²) in [6.45, 7) is 3.12. The molecule has 0 spiro atoms. The minimum Gasteiger partial charge on any atom is -0.486 e. The Morgan fingerprint density at radius 2 is 2.00 bits per heavy atom. The first kappa shape index (κ1) is 16.9. The summed E-state index contributed by atoms with van der Waals surface area (Å²) in [7, 11) is 0. The molecule has 122 valence electrons. The topological polar surface area (TPSA) is 73.6 Å². The minimum absolute atomic E-state index is 0. The van der Waals surface area contributed by atoms with Crippen LogP contribution in [0, 0.1) is 5.92 Å². The van der Waals surface area contributed by atoms with Crippen LogP contribution in [0.3, 0.4) is 0 Å². The molecule has 1 aliphatic heterocycles. The van der Waals surface area contributed by atoms with Gasteiger partial charge in [0.15, 0.2) is 11.5 Å². The van der Waals surface area contributed by atoms with Crippen molar-refractivity contribution in [1.82, 2.24) is 5.32 Å². The second-order valence-corrected chi connectivity index (χ2v) is 5.83. The fourth-order valence-corrected chi connectivity index (χ4v) is 3.05. The van der Waals surface area contributed by atoms with Crippen LogP contribution in [0.4, 0.5) is 0 Å². The number of amides is 1. The van der Waals surface area contributed by atoms with Crippen molar-refractivity contribution in [2.45, 2.75) is 38.3 Å². The normalized spacial score (nSPS) is 24.3. The molecule has 0 radical (unpaired) electrons. The fourth-order valence-electron chi connectivity index (χ4n) is 3.05. The van der Waals surface area contributed by atoms with Crippen LogP contribution in [0.15, 0.2) is 18.2 Å². The molecule has 0 bridgehead atoms. The van der Waals surface area contributed by atoms with Gasteiger partial charge >= 0.3 is 0 Å². The van der Waals surface area contributed by atoms with E-state index in [-0.39, 0.29) is 36.3 Å². The SMILES string of the molecule is CC(NC(=O)C1CCCC1N)c1ccc2c(c1)OCCO2.Cl. The van der Waals surface area contributed by atoms with Gasteiger partial charge in [0.05, 0.1) is 12.0 Å². The minimum atomic E-state index is -0.0684. The number of nitrogens with two attached hydrogens (primary N) is 1. The van der Waals surface area contributed by atoms with Crippen molar-refractivity contribution in [2.75, 3.05) is 13.2 Å². The molecular weight excluding hydrogens is 304 g/mol. The summed E-state index contributed by atoms with van der Waals surface area (Å²) >= 11 is 0. The summed E-state index contributed by atoms with van der Waals surface area (Å²) < 4.78 is 11.1. The number of benzene rings is 1. The van der Waals surface area contributed by atoms with Gasteiger partial charge in [-0.1, -0.05) is 12.5 Å². The van der Waals surface area contributed by atoms with Crippen LogP contribution in [0.2, 0.25) is 0 Å². The van der Waals surface area contributed by atoms with Gasteiger partial charge in [0.25, 0.3) is 0 Å². The van der Waals surface area contributed by atoms with E-state index in [1.165, 1.54) is 0 Å². The molecule has 3 atom stereocenters. The first-order chi connectivity index (χ1) is 10.1. The van der Waals surface area contributed by atoms with Crippen LogP contribution in [-0.2, 0) is 4.79 Å². The molecule has 1 aliphatic carbocycles. The molecule has 5 nitrogen and oxygen atoms in total. The summed E-state index contributed by atoms with van der Waals surface area (Å²) in [5, 5.41) is 3.06. The van der Waals surface area contributed by atoms with Gasteiger partial charge in [-0.2, -0.15) is 0 Å². The van der Waals surface area contributed by atoms with Crippen molar-refractivity contribution in [3.05, 3.63) is 23.8 Å². The fraction of sp³-hybridized carbons (Fsp3) is 0.562.